The van der Waals surface area contributed by atoms with Crippen LogP contribution in [0.15, 0.2) is 18.2 Å². The van der Waals surface area contributed by atoms with Crippen molar-refractivity contribution < 1.29 is 38.5 Å². The molecule has 0 amide bonds. The summed E-state index contributed by atoms with van der Waals surface area (Å²) >= 11 is 0. The highest BCUT2D eigenvalue weighted by atomic mass is 16.6. The number of carboxylic acid groups (broad SMARTS) is 1. The number of rotatable bonds is 12. The monoisotopic (exact) mass is 451 g/mol. The molecule has 1 aromatic rings. The Kier molecular flexibility index (Phi) is 10.3. The van der Waals surface area contributed by atoms with Crippen LogP contribution in [0.2, 0.25) is 0 Å². The summed E-state index contributed by atoms with van der Waals surface area (Å²) < 4.78 is 15.7. The van der Waals surface area contributed by atoms with Crippen molar-refractivity contribution in [3.05, 3.63) is 23.8 Å². The number of aliphatic carboxylic acids is 1. The van der Waals surface area contributed by atoms with E-state index in [0.29, 0.717) is 5.56 Å². The summed E-state index contributed by atoms with van der Waals surface area (Å²) in [5, 5.41) is 9.76. The van der Waals surface area contributed by atoms with Crippen LogP contribution in [0.4, 0.5) is 0 Å². The summed E-state index contributed by atoms with van der Waals surface area (Å²) in [5.74, 6) is -2.58. The second-order valence-electron chi connectivity index (χ2n) is 8.18. The lowest BCUT2D eigenvalue weighted by Gasteiger charge is -2.28. The first kappa shape index (κ1) is 27.1. The minimum atomic E-state index is -1.74. The molecular formula is C23H33NO8. The average Bonchev–Trinajstić information content (AvgIpc) is 2.68. The number of hydrogen-bond acceptors (Lipinski definition) is 8. The summed E-state index contributed by atoms with van der Waals surface area (Å²) in [6, 6.07) is 4.39. The summed E-state index contributed by atoms with van der Waals surface area (Å²) in [6.45, 7) is 8.58. The van der Waals surface area contributed by atoms with Crippen LogP contribution in [0.5, 0.6) is 11.5 Å². The lowest BCUT2D eigenvalue weighted by Crippen LogP contribution is -2.52. The zero-order valence-electron chi connectivity index (χ0n) is 19.3. The van der Waals surface area contributed by atoms with Gasteiger partial charge in [0.2, 0.25) is 0 Å². The second-order valence-corrected chi connectivity index (χ2v) is 8.18. The van der Waals surface area contributed by atoms with Crippen LogP contribution >= 0.6 is 0 Å². The zero-order valence-corrected chi connectivity index (χ0v) is 19.3. The third-order valence-corrected chi connectivity index (χ3v) is 4.54. The highest BCUT2D eigenvalue weighted by Gasteiger charge is 2.37. The summed E-state index contributed by atoms with van der Waals surface area (Å²) in [7, 11) is 0. The fraction of sp³-hybridized carbons (Fsp3) is 0.565. The van der Waals surface area contributed by atoms with Gasteiger partial charge in [-0.25, -0.2) is 0 Å². The molecule has 0 aliphatic carbocycles. The van der Waals surface area contributed by atoms with E-state index < -0.39 is 35.5 Å². The van der Waals surface area contributed by atoms with E-state index in [1.165, 1.54) is 12.1 Å². The molecule has 0 saturated heterocycles. The van der Waals surface area contributed by atoms with Crippen LogP contribution in [0.25, 0.3) is 0 Å². The van der Waals surface area contributed by atoms with E-state index in [1.807, 2.05) is 13.8 Å². The van der Waals surface area contributed by atoms with E-state index in [1.54, 1.807) is 26.8 Å². The molecule has 9 nitrogen and oxygen atoms in total. The molecule has 0 aliphatic heterocycles. The van der Waals surface area contributed by atoms with Gasteiger partial charge in [-0.1, -0.05) is 33.8 Å². The first-order valence-electron chi connectivity index (χ1n) is 10.7. The Hall–Kier alpha value is -2.94. The first-order chi connectivity index (χ1) is 14.9. The van der Waals surface area contributed by atoms with Crippen LogP contribution in [-0.2, 0) is 30.3 Å². The van der Waals surface area contributed by atoms with Gasteiger partial charge < -0.3 is 25.1 Å². The molecule has 32 heavy (non-hydrogen) atoms. The van der Waals surface area contributed by atoms with E-state index >= 15 is 0 Å². The molecule has 9 heteroatoms. The van der Waals surface area contributed by atoms with Crippen molar-refractivity contribution in [2.75, 3.05) is 0 Å². The minimum Gasteiger partial charge on any atom is -0.480 e. The van der Waals surface area contributed by atoms with E-state index in [2.05, 4.69) is 0 Å². The molecule has 0 saturated carbocycles. The second kappa shape index (κ2) is 12.2. The SMILES string of the molecule is CCC(=O)Oc1ccc(CC(N)(C[C@H](C)OC(=O)CC(C)C)C(=O)O)cc1OC(=O)CC. The van der Waals surface area contributed by atoms with Gasteiger partial charge >= 0.3 is 23.9 Å². The third-order valence-electron chi connectivity index (χ3n) is 4.54. The highest BCUT2D eigenvalue weighted by molar-refractivity contribution is 5.79. The maximum Gasteiger partial charge on any atom is 0.324 e. The van der Waals surface area contributed by atoms with Crippen molar-refractivity contribution in [1.29, 1.82) is 0 Å². The lowest BCUT2D eigenvalue weighted by molar-refractivity contribution is -0.154. The number of carbonyl (C=O) groups excluding carboxylic acids is 3. The van der Waals surface area contributed by atoms with Crippen molar-refractivity contribution >= 4 is 23.9 Å². The van der Waals surface area contributed by atoms with Crippen LogP contribution in [0.1, 0.15) is 65.9 Å². The normalized spacial score (nSPS) is 13.7. The number of nitrogens with two attached hydrogens (primary N) is 1. The van der Waals surface area contributed by atoms with Crippen LogP contribution in [0.3, 0.4) is 0 Å². The molecular weight excluding hydrogens is 418 g/mol. The molecule has 0 aromatic heterocycles. The first-order valence-corrected chi connectivity index (χ1v) is 10.7. The summed E-state index contributed by atoms with van der Waals surface area (Å²) in [5.41, 5.74) is 4.89. The number of ether oxygens (including phenoxy) is 3. The number of carboxylic acids is 1. The average molecular weight is 452 g/mol. The smallest absolute Gasteiger partial charge is 0.324 e. The van der Waals surface area contributed by atoms with Crippen molar-refractivity contribution in [2.45, 2.75) is 78.4 Å². The molecule has 0 heterocycles. The quantitative estimate of drug-likeness (QED) is 0.362. The molecule has 0 bridgehead atoms. The predicted octanol–water partition coefficient (Wildman–Crippen LogP) is 3.01. The van der Waals surface area contributed by atoms with Crippen LogP contribution in [-0.4, -0.2) is 40.6 Å². The fourth-order valence-electron chi connectivity index (χ4n) is 2.98. The molecule has 2 atom stereocenters. The highest BCUT2D eigenvalue weighted by Crippen LogP contribution is 2.31. The van der Waals surface area contributed by atoms with E-state index in [0.717, 1.165) is 0 Å². The van der Waals surface area contributed by atoms with E-state index in [4.69, 9.17) is 19.9 Å². The van der Waals surface area contributed by atoms with Gasteiger partial charge in [0.05, 0.1) is 0 Å². The number of hydrogen-bond donors (Lipinski definition) is 2. The lowest BCUT2D eigenvalue weighted by atomic mass is 9.86. The number of benzene rings is 1. The largest absolute Gasteiger partial charge is 0.480 e. The van der Waals surface area contributed by atoms with Crippen LogP contribution < -0.4 is 15.2 Å². The van der Waals surface area contributed by atoms with Crippen molar-refractivity contribution in [3.63, 3.8) is 0 Å². The van der Waals surface area contributed by atoms with Crippen molar-refractivity contribution in [3.8, 4) is 11.5 Å². The van der Waals surface area contributed by atoms with Gasteiger partial charge in [-0.2, -0.15) is 0 Å². The summed E-state index contributed by atoms with van der Waals surface area (Å²) in [4.78, 5) is 47.3. The Morgan fingerprint density at radius 1 is 0.969 bits per heavy atom. The molecule has 1 rings (SSSR count). The van der Waals surface area contributed by atoms with Gasteiger partial charge in [0.15, 0.2) is 11.5 Å². The fourth-order valence-corrected chi connectivity index (χ4v) is 2.98. The molecule has 3 N–H and O–H groups in total. The Bertz CT molecular complexity index is 835. The minimum absolute atomic E-state index is 0.000276. The third kappa shape index (κ3) is 8.66. The molecule has 0 fully saturated rings. The maximum absolute atomic E-state index is 12.0. The molecule has 178 valence electrons. The van der Waals surface area contributed by atoms with Crippen molar-refractivity contribution in [2.24, 2.45) is 11.7 Å². The number of carbonyl (C=O) groups is 4. The number of esters is 3. The molecule has 1 unspecified atom stereocenters. The predicted molar refractivity (Wildman–Crippen MR) is 116 cm³/mol. The van der Waals surface area contributed by atoms with E-state index in [9.17, 15) is 24.3 Å². The van der Waals surface area contributed by atoms with Gasteiger partial charge in [-0.15, -0.1) is 0 Å². The molecule has 1 aromatic carbocycles. The molecule has 0 spiro atoms. The Morgan fingerprint density at radius 2 is 1.53 bits per heavy atom. The maximum atomic E-state index is 12.0. The summed E-state index contributed by atoms with van der Waals surface area (Å²) in [6.07, 6.45) is -0.527. The van der Waals surface area contributed by atoms with Crippen molar-refractivity contribution in [1.82, 2.24) is 0 Å². The zero-order chi connectivity index (χ0) is 24.5. The van der Waals surface area contributed by atoms with E-state index in [-0.39, 0.29) is 49.5 Å². The topological polar surface area (TPSA) is 142 Å². The van der Waals surface area contributed by atoms with Gasteiger partial charge in [-0.05, 0) is 30.5 Å². The standard InChI is InChI=1S/C23H33NO8/c1-6-19(25)31-17-9-8-16(11-18(17)32-20(26)7-2)13-23(24,22(28)29)12-15(5)30-21(27)10-14(3)4/h8-9,11,14-15H,6-7,10,12-13,24H2,1-5H3,(H,28,29)/t15-,23?/m0/s1. The Labute approximate surface area is 188 Å². The molecule has 0 aliphatic rings. The van der Waals surface area contributed by atoms with Gasteiger partial charge in [0, 0.05) is 32.1 Å². The Balaban J connectivity index is 3.10. The van der Waals surface area contributed by atoms with Gasteiger partial charge in [0.25, 0.3) is 0 Å². The van der Waals surface area contributed by atoms with Crippen LogP contribution in [0, 0.1) is 5.92 Å². The van der Waals surface area contributed by atoms with Gasteiger partial charge in [-0.3, -0.25) is 19.2 Å². The van der Waals surface area contributed by atoms with Gasteiger partial charge in [0.1, 0.15) is 11.6 Å². The molecule has 0 radical (unpaired) electrons. The Morgan fingerprint density at radius 3 is 2.03 bits per heavy atom.